The molecule has 0 radical (unpaired) electrons. The van der Waals surface area contributed by atoms with E-state index in [1.54, 1.807) is 7.05 Å². The van der Waals surface area contributed by atoms with E-state index in [9.17, 15) is 9.59 Å². The predicted molar refractivity (Wildman–Crippen MR) is 56.1 cm³/mol. The molecule has 2 amide bonds. The second-order valence-electron chi connectivity index (χ2n) is 5.35. The summed E-state index contributed by atoms with van der Waals surface area (Å²) in [6.07, 6.45) is 1.53. The number of hydrogen-bond donors (Lipinski definition) is 1. The molecule has 84 valence electrons. The molecule has 1 N–H and O–H groups in total. The van der Waals surface area contributed by atoms with Crippen molar-refractivity contribution in [2.24, 2.45) is 11.3 Å². The Morgan fingerprint density at radius 3 is 2.47 bits per heavy atom. The van der Waals surface area contributed by atoms with E-state index in [1.165, 1.54) is 11.3 Å². The van der Waals surface area contributed by atoms with E-state index in [0.717, 1.165) is 6.54 Å². The maximum Gasteiger partial charge on any atom is 0.246 e. The van der Waals surface area contributed by atoms with Crippen molar-refractivity contribution >= 4 is 11.8 Å². The van der Waals surface area contributed by atoms with Crippen molar-refractivity contribution in [3.05, 3.63) is 0 Å². The summed E-state index contributed by atoms with van der Waals surface area (Å²) in [4.78, 5) is 24.0. The molecule has 0 spiro atoms. The van der Waals surface area contributed by atoms with Crippen molar-refractivity contribution in [3.63, 3.8) is 0 Å². The highest BCUT2D eigenvalue weighted by atomic mass is 16.2. The van der Waals surface area contributed by atoms with Crippen molar-refractivity contribution in [1.29, 1.82) is 0 Å². The number of carbonyl (C=O) groups is 2. The highest BCUT2D eigenvalue weighted by Crippen LogP contribution is 2.51. The van der Waals surface area contributed by atoms with Crippen LogP contribution in [0.25, 0.3) is 0 Å². The first-order chi connectivity index (χ1) is 6.92. The number of imide groups is 1. The van der Waals surface area contributed by atoms with Crippen LogP contribution in [0.5, 0.6) is 0 Å². The Labute approximate surface area is 90.0 Å². The molecule has 1 aliphatic heterocycles. The second-order valence-corrected chi connectivity index (χ2v) is 5.35. The Morgan fingerprint density at radius 1 is 1.47 bits per heavy atom. The Balaban J connectivity index is 1.82. The molecule has 0 aromatic carbocycles. The zero-order chi connectivity index (χ0) is 11.2. The summed E-state index contributed by atoms with van der Waals surface area (Å²) in [5.74, 6) is 0.498. The maximum atomic E-state index is 11.6. The van der Waals surface area contributed by atoms with Gasteiger partial charge < -0.3 is 5.32 Å². The predicted octanol–water partition coefficient (Wildman–Crippen LogP) is 0.379. The van der Waals surface area contributed by atoms with Crippen molar-refractivity contribution in [2.75, 3.05) is 13.6 Å². The number of carbonyl (C=O) groups excluding carboxylic acids is 2. The van der Waals surface area contributed by atoms with Gasteiger partial charge in [0.25, 0.3) is 0 Å². The molecule has 1 heterocycles. The summed E-state index contributed by atoms with van der Waals surface area (Å²) in [7, 11) is 1.55. The van der Waals surface area contributed by atoms with Gasteiger partial charge >= 0.3 is 0 Å². The molecule has 4 nitrogen and oxygen atoms in total. The van der Waals surface area contributed by atoms with E-state index in [0.29, 0.717) is 17.8 Å². The molecule has 0 aromatic heterocycles. The van der Waals surface area contributed by atoms with Crippen LogP contribution in [0.3, 0.4) is 0 Å². The SMILES string of the molecule is CN1C(=O)CC(NCC2CC2(C)C)C1=O. The van der Waals surface area contributed by atoms with E-state index in [-0.39, 0.29) is 17.9 Å². The zero-order valence-corrected chi connectivity index (χ0v) is 9.54. The van der Waals surface area contributed by atoms with Crippen molar-refractivity contribution < 1.29 is 9.59 Å². The molecule has 1 saturated heterocycles. The average molecular weight is 210 g/mol. The largest absolute Gasteiger partial charge is 0.305 e. The van der Waals surface area contributed by atoms with Gasteiger partial charge in [0.2, 0.25) is 11.8 Å². The first-order valence-electron chi connectivity index (χ1n) is 5.45. The van der Waals surface area contributed by atoms with Crippen molar-refractivity contribution in [1.82, 2.24) is 10.2 Å². The molecule has 0 aromatic rings. The number of nitrogens with zero attached hydrogens (tertiary/aromatic N) is 1. The van der Waals surface area contributed by atoms with Gasteiger partial charge in [0.15, 0.2) is 0 Å². The summed E-state index contributed by atoms with van der Waals surface area (Å²) in [5, 5.41) is 3.20. The van der Waals surface area contributed by atoms with Crippen LogP contribution in [0.4, 0.5) is 0 Å². The average Bonchev–Trinajstić information content (AvgIpc) is 2.70. The number of rotatable bonds is 3. The molecule has 2 atom stereocenters. The first kappa shape index (κ1) is 10.6. The standard InChI is InChI=1S/C11H18N2O2/c1-11(2)5-7(11)6-12-8-4-9(14)13(3)10(8)15/h7-8,12H,4-6H2,1-3H3. The summed E-state index contributed by atoms with van der Waals surface area (Å²) < 4.78 is 0. The third kappa shape index (κ3) is 1.91. The molecule has 2 rings (SSSR count). The van der Waals surface area contributed by atoms with Gasteiger partial charge in [-0.25, -0.2) is 0 Å². The number of nitrogens with one attached hydrogen (secondary N) is 1. The van der Waals surface area contributed by atoms with E-state index < -0.39 is 0 Å². The zero-order valence-electron chi connectivity index (χ0n) is 9.54. The number of amides is 2. The second kappa shape index (κ2) is 3.30. The van der Waals surface area contributed by atoms with Gasteiger partial charge in [0.05, 0.1) is 12.5 Å². The van der Waals surface area contributed by atoms with Gasteiger partial charge in [-0.05, 0) is 24.3 Å². The van der Waals surface area contributed by atoms with Gasteiger partial charge in [-0.3, -0.25) is 14.5 Å². The van der Waals surface area contributed by atoms with Crippen LogP contribution in [0.15, 0.2) is 0 Å². The van der Waals surface area contributed by atoms with Crippen molar-refractivity contribution in [2.45, 2.75) is 32.7 Å². The summed E-state index contributed by atoms with van der Waals surface area (Å²) >= 11 is 0. The summed E-state index contributed by atoms with van der Waals surface area (Å²) in [6.45, 7) is 5.31. The lowest BCUT2D eigenvalue weighted by Gasteiger charge is -2.11. The Hall–Kier alpha value is -0.900. The molecule has 15 heavy (non-hydrogen) atoms. The summed E-state index contributed by atoms with van der Waals surface area (Å²) in [5.41, 5.74) is 0.421. The highest BCUT2D eigenvalue weighted by Gasteiger charge is 2.46. The highest BCUT2D eigenvalue weighted by molar-refractivity contribution is 6.05. The van der Waals surface area contributed by atoms with Crippen LogP contribution in [-0.4, -0.2) is 36.3 Å². The fourth-order valence-electron chi connectivity index (χ4n) is 2.12. The number of likely N-dealkylation sites (tertiary alicyclic amines) is 1. The van der Waals surface area contributed by atoms with Crippen LogP contribution >= 0.6 is 0 Å². The summed E-state index contributed by atoms with van der Waals surface area (Å²) in [6, 6.07) is -0.279. The van der Waals surface area contributed by atoms with Crippen molar-refractivity contribution in [3.8, 4) is 0 Å². The van der Waals surface area contributed by atoms with E-state index in [2.05, 4.69) is 19.2 Å². The third-order valence-electron chi connectivity index (χ3n) is 3.71. The molecular formula is C11H18N2O2. The Bertz CT molecular complexity index is 312. The molecule has 0 bridgehead atoms. The van der Waals surface area contributed by atoms with Gasteiger partial charge in [0, 0.05) is 7.05 Å². The molecule has 2 unspecified atom stereocenters. The smallest absolute Gasteiger partial charge is 0.246 e. The molecule has 1 saturated carbocycles. The van der Waals surface area contributed by atoms with Crippen LogP contribution in [0.1, 0.15) is 26.7 Å². The Kier molecular flexibility index (Phi) is 2.34. The normalized spacial score (nSPS) is 33.7. The van der Waals surface area contributed by atoms with Crippen LogP contribution < -0.4 is 5.32 Å². The lowest BCUT2D eigenvalue weighted by molar-refractivity contribution is -0.137. The van der Waals surface area contributed by atoms with E-state index in [4.69, 9.17) is 0 Å². The van der Waals surface area contributed by atoms with Gasteiger partial charge in [-0.15, -0.1) is 0 Å². The van der Waals surface area contributed by atoms with E-state index >= 15 is 0 Å². The monoisotopic (exact) mass is 210 g/mol. The molecule has 2 fully saturated rings. The fourth-order valence-corrected chi connectivity index (χ4v) is 2.12. The number of likely N-dealkylation sites (N-methyl/N-ethyl adjacent to an activating group) is 1. The molecule has 2 aliphatic rings. The lowest BCUT2D eigenvalue weighted by Crippen LogP contribution is -2.38. The van der Waals surface area contributed by atoms with E-state index in [1.807, 2.05) is 0 Å². The minimum absolute atomic E-state index is 0.0763. The van der Waals surface area contributed by atoms with Gasteiger partial charge in [-0.2, -0.15) is 0 Å². The molecule has 1 aliphatic carbocycles. The van der Waals surface area contributed by atoms with Gasteiger partial charge in [-0.1, -0.05) is 13.8 Å². The van der Waals surface area contributed by atoms with Crippen LogP contribution in [-0.2, 0) is 9.59 Å². The topological polar surface area (TPSA) is 49.4 Å². The minimum atomic E-state index is -0.279. The molecular weight excluding hydrogens is 192 g/mol. The fraction of sp³-hybridized carbons (Fsp3) is 0.818. The Morgan fingerprint density at radius 2 is 2.07 bits per heavy atom. The molecule has 4 heteroatoms. The minimum Gasteiger partial charge on any atom is -0.305 e. The maximum absolute atomic E-state index is 11.6. The lowest BCUT2D eigenvalue weighted by atomic mass is 10.1. The number of hydrogen-bond acceptors (Lipinski definition) is 3. The quantitative estimate of drug-likeness (QED) is 0.685. The first-order valence-corrected chi connectivity index (χ1v) is 5.45. The van der Waals surface area contributed by atoms with Crippen LogP contribution in [0.2, 0.25) is 0 Å². The van der Waals surface area contributed by atoms with Gasteiger partial charge in [0.1, 0.15) is 0 Å². The third-order valence-corrected chi connectivity index (χ3v) is 3.71. The van der Waals surface area contributed by atoms with Crippen LogP contribution in [0, 0.1) is 11.3 Å².